The van der Waals surface area contributed by atoms with Crippen LogP contribution in [-0.2, 0) is 17.8 Å². The van der Waals surface area contributed by atoms with Gasteiger partial charge in [0.2, 0.25) is 11.7 Å². The zero-order valence-corrected chi connectivity index (χ0v) is 25.0. The number of aromatic nitrogens is 2. The molecule has 6 rings (SSSR count). The van der Waals surface area contributed by atoms with Gasteiger partial charge in [-0.1, -0.05) is 36.9 Å². The molecule has 0 N–H and O–H groups in total. The van der Waals surface area contributed by atoms with Crippen LogP contribution in [0.15, 0.2) is 49.1 Å². The Labute approximate surface area is 252 Å². The van der Waals surface area contributed by atoms with E-state index in [9.17, 15) is 14.9 Å². The lowest BCUT2D eigenvalue weighted by molar-refractivity contribution is -0.128. The van der Waals surface area contributed by atoms with E-state index in [1.807, 2.05) is 4.90 Å². The molecule has 2 amide bonds. The van der Waals surface area contributed by atoms with E-state index in [2.05, 4.69) is 77.7 Å². The van der Waals surface area contributed by atoms with Crippen LogP contribution in [0, 0.1) is 18.3 Å². The number of hydrogen-bond donors (Lipinski definition) is 0. The van der Waals surface area contributed by atoms with Crippen LogP contribution in [0.2, 0.25) is 0 Å². The van der Waals surface area contributed by atoms with E-state index in [0.717, 1.165) is 43.1 Å². The van der Waals surface area contributed by atoms with Gasteiger partial charge in [-0.05, 0) is 43.5 Å². The summed E-state index contributed by atoms with van der Waals surface area (Å²) in [7, 11) is 2.06. The predicted molar refractivity (Wildman–Crippen MR) is 167 cm³/mol. The molecule has 2 fully saturated rings. The van der Waals surface area contributed by atoms with Crippen molar-refractivity contribution in [3.63, 3.8) is 0 Å². The van der Waals surface area contributed by atoms with E-state index in [-0.39, 0.29) is 30.1 Å². The van der Waals surface area contributed by atoms with Crippen molar-refractivity contribution < 1.29 is 9.59 Å². The summed E-state index contributed by atoms with van der Waals surface area (Å²) in [6.07, 6.45) is 2.25. The molecule has 3 aliphatic heterocycles. The van der Waals surface area contributed by atoms with Gasteiger partial charge in [0.05, 0.1) is 30.8 Å². The van der Waals surface area contributed by atoms with Gasteiger partial charge in [0.1, 0.15) is 5.82 Å². The smallest absolute Gasteiger partial charge is 0.291 e. The second kappa shape index (κ2) is 12.0. The van der Waals surface area contributed by atoms with Crippen molar-refractivity contribution in [1.82, 2.24) is 24.7 Å². The highest BCUT2D eigenvalue weighted by Crippen LogP contribution is 2.35. The summed E-state index contributed by atoms with van der Waals surface area (Å²) in [5, 5.41) is 12.0. The van der Waals surface area contributed by atoms with E-state index in [1.54, 1.807) is 4.90 Å². The molecule has 43 heavy (non-hydrogen) atoms. The van der Waals surface area contributed by atoms with Crippen molar-refractivity contribution in [2.75, 3.05) is 69.2 Å². The number of aryl methyl sites for hydroxylation is 1. The first kappa shape index (κ1) is 28.6. The number of fused-ring (bicyclic) bond motifs is 2. The van der Waals surface area contributed by atoms with Crippen molar-refractivity contribution in [3.8, 4) is 6.07 Å². The number of nitriles is 1. The monoisotopic (exact) mass is 578 g/mol. The number of nitrogens with zero attached hydrogens (tertiary/aromatic N) is 8. The standard InChI is InChI=1S/C33H38N8O2/c1-4-29(42)41-20-19-40(21-25(41)11-13-34)32-26-12-14-39(28-10-6-9-24-8-5-7-23(2)30(24)28)22-27(26)35-31(36-32)33(43)38-17-15-37(3)16-18-38/h4-10,25H,1,11-12,14-22H2,2-3H3/t25-/m0/s1. The number of carbonyl (C=O) groups excluding carboxylic acids is 2. The molecule has 0 saturated carbocycles. The lowest BCUT2D eigenvalue weighted by atomic mass is 9.99. The van der Waals surface area contributed by atoms with Gasteiger partial charge in [-0.3, -0.25) is 9.59 Å². The molecule has 2 aromatic carbocycles. The molecule has 2 saturated heterocycles. The lowest BCUT2D eigenvalue weighted by Crippen LogP contribution is -2.55. The summed E-state index contributed by atoms with van der Waals surface area (Å²) in [4.78, 5) is 46.5. The lowest BCUT2D eigenvalue weighted by Gasteiger charge is -2.42. The van der Waals surface area contributed by atoms with Crippen molar-refractivity contribution in [3.05, 3.63) is 71.7 Å². The minimum Gasteiger partial charge on any atom is -0.365 e. The Kier molecular flexibility index (Phi) is 8.00. The SMILES string of the molecule is C=CC(=O)N1CCN(c2nc(C(=O)N3CCN(C)CC3)nc3c2CCN(c2cccc4cccc(C)c24)C3)C[C@@H]1CC#N. The maximum absolute atomic E-state index is 13.8. The maximum atomic E-state index is 13.8. The molecule has 0 spiro atoms. The molecule has 3 aromatic rings. The average molecular weight is 579 g/mol. The first-order chi connectivity index (χ1) is 20.9. The maximum Gasteiger partial charge on any atom is 0.291 e. The van der Waals surface area contributed by atoms with Gasteiger partial charge in [0.15, 0.2) is 0 Å². The highest BCUT2D eigenvalue weighted by Gasteiger charge is 2.34. The largest absolute Gasteiger partial charge is 0.365 e. The fourth-order valence-electron chi connectivity index (χ4n) is 6.63. The van der Waals surface area contributed by atoms with Crippen LogP contribution in [0.3, 0.4) is 0 Å². The van der Waals surface area contributed by atoms with Gasteiger partial charge in [-0.2, -0.15) is 5.26 Å². The number of amides is 2. The van der Waals surface area contributed by atoms with E-state index < -0.39 is 0 Å². The number of piperazine rings is 2. The minimum atomic E-state index is -0.287. The third-order valence-corrected chi connectivity index (χ3v) is 9.02. The van der Waals surface area contributed by atoms with Gasteiger partial charge in [-0.25, -0.2) is 9.97 Å². The molecule has 1 atom stereocenters. The zero-order valence-electron chi connectivity index (χ0n) is 25.0. The molecule has 1 aromatic heterocycles. The summed E-state index contributed by atoms with van der Waals surface area (Å²) < 4.78 is 0. The first-order valence-electron chi connectivity index (χ1n) is 15.0. The molecule has 0 bridgehead atoms. The molecule has 222 valence electrons. The third kappa shape index (κ3) is 5.53. The van der Waals surface area contributed by atoms with Crippen LogP contribution in [0.25, 0.3) is 10.8 Å². The summed E-state index contributed by atoms with van der Waals surface area (Å²) in [5.74, 6) is 0.654. The van der Waals surface area contributed by atoms with E-state index in [1.165, 1.54) is 28.1 Å². The van der Waals surface area contributed by atoms with E-state index in [0.29, 0.717) is 39.3 Å². The Morgan fingerprint density at radius 1 is 1.02 bits per heavy atom. The topological polar surface area (TPSA) is 99.9 Å². The number of anilines is 2. The van der Waals surface area contributed by atoms with Crippen molar-refractivity contribution >= 4 is 34.1 Å². The van der Waals surface area contributed by atoms with Crippen LogP contribution in [0.4, 0.5) is 11.5 Å². The number of carbonyl (C=O) groups is 2. The van der Waals surface area contributed by atoms with E-state index in [4.69, 9.17) is 9.97 Å². The summed E-state index contributed by atoms with van der Waals surface area (Å²) in [5.41, 5.74) is 4.30. The predicted octanol–water partition coefficient (Wildman–Crippen LogP) is 3.01. The Morgan fingerprint density at radius 2 is 1.79 bits per heavy atom. The van der Waals surface area contributed by atoms with Crippen LogP contribution in [-0.4, -0.2) is 102 Å². The molecule has 10 nitrogen and oxygen atoms in total. The Morgan fingerprint density at radius 3 is 2.53 bits per heavy atom. The highest BCUT2D eigenvalue weighted by atomic mass is 16.2. The van der Waals surface area contributed by atoms with Crippen LogP contribution < -0.4 is 9.80 Å². The normalized spacial score (nSPS) is 19.2. The van der Waals surface area contributed by atoms with E-state index >= 15 is 0 Å². The van der Waals surface area contributed by atoms with Gasteiger partial charge in [0, 0.05) is 69.0 Å². The van der Waals surface area contributed by atoms with Crippen LogP contribution in [0.5, 0.6) is 0 Å². The fourth-order valence-corrected chi connectivity index (χ4v) is 6.63. The molecule has 3 aliphatic rings. The molecular weight excluding hydrogens is 540 g/mol. The molecule has 0 aliphatic carbocycles. The van der Waals surface area contributed by atoms with Crippen LogP contribution >= 0.6 is 0 Å². The summed E-state index contributed by atoms with van der Waals surface area (Å²) in [6.45, 7) is 11.5. The average Bonchev–Trinajstić information content (AvgIpc) is 3.03. The van der Waals surface area contributed by atoms with Crippen LogP contribution in [0.1, 0.15) is 33.9 Å². The number of likely N-dealkylation sites (N-methyl/N-ethyl adjacent to an activating group) is 1. The second-order valence-electron chi connectivity index (χ2n) is 11.7. The molecule has 4 heterocycles. The number of benzene rings is 2. The quantitative estimate of drug-likeness (QED) is 0.426. The van der Waals surface area contributed by atoms with Gasteiger partial charge in [0.25, 0.3) is 5.91 Å². The number of rotatable bonds is 5. The van der Waals surface area contributed by atoms with Crippen molar-refractivity contribution in [1.29, 1.82) is 5.26 Å². The first-order valence-corrected chi connectivity index (χ1v) is 15.0. The molecule has 10 heteroatoms. The number of hydrogen-bond acceptors (Lipinski definition) is 8. The van der Waals surface area contributed by atoms with Crippen molar-refractivity contribution in [2.45, 2.75) is 32.4 Å². The Balaban J connectivity index is 1.38. The second-order valence-corrected chi connectivity index (χ2v) is 11.7. The summed E-state index contributed by atoms with van der Waals surface area (Å²) in [6, 6.07) is 14.7. The summed E-state index contributed by atoms with van der Waals surface area (Å²) >= 11 is 0. The Hall–Kier alpha value is -4.49. The van der Waals surface area contributed by atoms with Gasteiger partial charge >= 0.3 is 0 Å². The van der Waals surface area contributed by atoms with Crippen molar-refractivity contribution in [2.24, 2.45) is 0 Å². The molecular formula is C33H38N8O2. The molecule has 0 radical (unpaired) electrons. The zero-order chi connectivity index (χ0) is 30.1. The van der Waals surface area contributed by atoms with Gasteiger partial charge < -0.3 is 24.5 Å². The third-order valence-electron chi connectivity index (χ3n) is 9.02. The highest BCUT2D eigenvalue weighted by molar-refractivity contribution is 5.97. The molecule has 0 unspecified atom stereocenters. The minimum absolute atomic E-state index is 0.149. The Bertz CT molecular complexity index is 1600. The van der Waals surface area contributed by atoms with Gasteiger partial charge in [-0.15, -0.1) is 0 Å². The fraction of sp³-hybridized carbons (Fsp3) is 0.424.